The van der Waals surface area contributed by atoms with Crippen LogP contribution in [0.15, 0.2) is 4.99 Å². The van der Waals surface area contributed by atoms with Crippen molar-refractivity contribution < 1.29 is 0 Å². The lowest BCUT2D eigenvalue weighted by Crippen LogP contribution is -2.45. The number of nitrogens with one attached hydrogen (secondary N) is 2. The van der Waals surface area contributed by atoms with E-state index in [9.17, 15) is 0 Å². The van der Waals surface area contributed by atoms with Crippen LogP contribution in [0.25, 0.3) is 0 Å². The molecule has 1 aromatic rings. The number of guanidine groups is 1. The molecule has 2 heterocycles. The Hall–Kier alpha value is -1.59. The van der Waals surface area contributed by atoms with E-state index in [4.69, 9.17) is 4.99 Å². The largest absolute Gasteiger partial charge is 0.357 e. The number of hydrogen-bond acceptors (Lipinski definition) is 3. The maximum absolute atomic E-state index is 4.80. The first kappa shape index (κ1) is 19.2. The fourth-order valence-corrected chi connectivity index (χ4v) is 4.24. The molecule has 1 aliphatic heterocycles. The minimum absolute atomic E-state index is 0.573. The summed E-state index contributed by atoms with van der Waals surface area (Å²) < 4.78 is 2.35. The van der Waals surface area contributed by atoms with Gasteiger partial charge in [0.2, 0.25) is 0 Å². The number of aryl methyl sites for hydroxylation is 2. The average molecular weight is 361 g/mol. The van der Waals surface area contributed by atoms with Crippen molar-refractivity contribution in [3.8, 4) is 0 Å². The average Bonchev–Trinajstić information content (AvgIpc) is 2.85. The van der Waals surface area contributed by atoms with E-state index in [1.54, 1.807) is 0 Å². The van der Waals surface area contributed by atoms with Crippen LogP contribution in [0.2, 0.25) is 0 Å². The molecule has 6 nitrogen and oxygen atoms in total. The highest BCUT2D eigenvalue weighted by Crippen LogP contribution is 2.23. The van der Waals surface area contributed by atoms with Gasteiger partial charge >= 0.3 is 0 Å². The molecular formula is C20H36N6. The second-order valence-corrected chi connectivity index (χ2v) is 7.97. The summed E-state index contributed by atoms with van der Waals surface area (Å²) in [7, 11) is 0. The summed E-state index contributed by atoms with van der Waals surface area (Å²) in [5, 5.41) is 15.9. The molecule has 26 heavy (non-hydrogen) atoms. The van der Waals surface area contributed by atoms with Crippen LogP contribution in [0.4, 0.5) is 0 Å². The van der Waals surface area contributed by atoms with E-state index in [1.165, 1.54) is 50.8 Å². The normalized spacial score (nSPS) is 24.0. The zero-order valence-electron chi connectivity index (χ0n) is 16.6. The Kier molecular flexibility index (Phi) is 7.32. The lowest BCUT2D eigenvalue weighted by molar-refractivity contribution is 0.324. The molecule has 1 fully saturated rings. The maximum Gasteiger partial charge on any atom is 0.191 e. The number of aromatic nitrogens is 3. The Morgan fingerprint density at radius 3 is 2.96 bits per heavy atom. The third-order valence-corrected chi connectivity index (χ3v) is 5.64. The van der Waals surface area contributed by atoms with E-state index in [-0.39, 0.29) is 0 Å². The van der Waals surface area contributed by atoms with Crippen molar-refractivity contribution in [3.05, 3.63) is 11.6 Å². The molecule has 0 radical (unpaired) electrons. The molecule has 1 aliphatic carbocycles. The van der Waals surface area contributed by atoms with Gasteiger partial charge in [0, 0.05) is 38.5 Å². The Balaban J connectivity index is 1.48. The summed E-state index contributed by atoms with van der Waals surface area (Å²) in [4.78, 5) is 4.80. The van der Waals surface area contributed by atoms with Crippen molar-refractivity contribution in [3.63, 3.8) is 0 Å². The van der Waals surface area contributed by atoms with Crippen molar-refractivity contribution in [1.29, 1.82) is 0 Å². The van der Waals surface area contributed by atoms with Gasteiger partial charge in [-0.05, 0) is 44.9 Å². The summed E-state index contributed by atoms with van der Waals surface area (Å²) in [6.07, 6.45) is 12.1. The van der Waals surface area contributed by atoms with Crippen molar-refractivity contribution in [2.45, 2.75) is 90.6 Å². The Morgan fingerprint density at radius 1 is 1.19 bits per heavy atom. The molecule has 0 aromatic carbocycles. The standard InChI is InChI=1S/C20H36N6/c1-3-21-20(23-17-10-7-9-16(2)15-17)22-13-8-12-19-25-24-18-11-5-4-6-14-26(18)19/h16-17H,3-15H2,1-2H3,(H2,21,22,23). The molecule has 2 unspecified atom stereocenters. The number of rotatable bonds is 6. The van der Waals surface area contributed by atoms with Gasteiger partial charge in [-0.15, -0.1) is 10.2 Å². The van der Waals surface area contributed by atoms with E-state index >= 15 is 0 Å². The van der Waals surface area contributed by atoms with Gasteiger partial charge in [-0.1, -0.05) is 26.2 Å². The van der Waals surface area contributed by atoms with E-state index in [2.05, 4.69) is 39.2 Å². The van der Waals surface area contributed by atoms with Gasteiger partial charge in [0.15, 0.2) is 5.96 Å². The van der Waals surface area contributed by atoms with Crippen LogP contribution in [0.5, 0.6) is 0 Å². The highest BCUT2D eigenvalue weighted by atomic mass is 15.3. The zero-order chi connectivity index (χ0) is 18.2. The van der Waals surface area contributed by atoms with Crippen molar-refractivity contribution in [1.82, 2.24) is 25.4 Å². The molecule has 1 aromatic heterocycles. The highest BCUT2D eigenvalue weighted by Gasteiger charge is 2.19. The van der Waals surface area contributed by atoms with Crippen LogP contribution < -0.4 is 10.6 Å². The highest BCUT2D eigenvalue weighted by molar-refractivity contribution is 5.80. The zero-order valence-corrected chi connectivity index (χ0v) is 16.6. The molecule has 2 N–H and O–H groups in total. The fourth-order valence-electron chi connectivity index (χ4n) is 4.24. The number of fused-ring (bicyclic) bond motifs is 1. The molecular weight excluding hydrogens is 324 g/mol. The third kappa shape index (κ3) is 5.45. The summed E-state index contributed by atoms with van der Waals surface area (Å²) in [6, 6.07) is 0.573. The minimum atomic E-state index is 0.573. The van der Waals surface area contributed by atoms with E-state index in [0.29, 0.717) is 6.04 Å². The molecule has 0 spiro atoms. The predicted octanol–water partition coefficient (Wildman–Crippen LogP) is 3.07. The van der Waals surface area contributed by atoms with Crippen LogP contribution in [-0.4, -0.2) is 39.9 Å². The van der Waals surface area contributed by atoms with E-state index < -0.39 is 0 Å². The van der Waals surface area contributed by atoms with Crippen molar-refractivity contribution >= 4 is 5.96 Å². The van der Waals surface area contributed by atoms with Gasteiger partial charge in [0.25, 0.3) is 0 Å². The number of nitrogens with zero attached hydrogens (tertiary/aromatic N) is 4. The van der Waals surface area contributed by atoms with Crippen LogP contribution in [-0.2, 0) is 19.4 Å². The molecule has 0 bridgehead atoms. The van der Waals surface area contributed by atoms with Crippen LogP contribution in [0.3, 0.4) is 0 Å². The van der Waals surface area contributed by atoms with Crippen LogP contribution in [0, 0.1) is 5.92 Å². The summed E-state index contributed by atoms with van der Waals surface area (Å²) >= 11 is 0. The molecule has 0 saturated heterocycles. The number of aliphatic imine (C=N–C) groups is 1. The van der Waals surface area contributed by atoms with E-state index in [1.807, 2.05) is 0 Å². The van der Waals surface area contributed by atoms with Gasteiger partial charge in [0.05, 0.1) is 0 Å². The lowest BCUT2D eigenvalue weighted by atomic mass is 9.87. The lowest BCUT2D eigenvalue weighted by Gasteiger charge is -2.28. The topological polar surface area (TPSA) is 67.1 Å². The van der Waals surface area contributed by atoms with Crippen molar-refractivity contribution in [2.75, 3.05) is 13.1 Å². The van der Waals surface area contributed by atoms with Gasteiger partial charge in [-0.2, -0.15) is 0 Å². The first-order valence-corrected chi connectivity index (χ1v) is 10.7. The molecule has 146 valence electrons. The van der Waals surface area contributed by atoms with Gasteiger partial charge < -0.3 is 15.2 Å². The maximum atomic E-state index is 4.80. The van der Waals surface area contributed by atoms with Gasteiger partial charge in [0.1, 0.15) is 11.6 Å². The number of hydrogen-bond donors (Lipinski definition) is 2. The second-order valence-electron chi connectivity index (χ2n) is 7.97. The Bertz CT molecular complexity index is 579. The first-order valence-electron chi connectivity index (χ1n) is 10.7. The van der Waals surface area contributed by atoms with Gasteiger partial charge in [-0.3, -0.25) is 4.99 Å². The second kappa shape index (κ2) is 9.93. The third-order valence-electron chi connectivity index (χ3n) is 5.64. The van der Waals surface area contributed by atoms with Crippen LogP contribution in [0.1, 0.15) is 76.9 Å². The Labute approximate surface area is 158 Å². The summed E-state index contributed by atoms with van der Waals surface area (Å²) in [5.74, 6) is 4.14. The molecule has 3 rings (SSSR count). The fraction of sp³-hybridized carbons (Fsp3) is 0.850. The van der Waals surface area contributed by atoms with Gasteiger partial charge in [-0.25, -0.2) is 0 Å². The Morgan fingerprint density at radius 2 is 2.12 bits per heavy atom. The molecule has 1 saturated carbocycles. The summed E-state index contributed by atoms with van der Waals surface area (Å²) in [5.41, 5.74) is 0. The predicted molar refractivity (Wildman–Crippen MR) is 106 cm³/mol. The molecule has 2 aliphatic rings. The summed E-state index contributed by atoms with van der Waals surface area (Å²) in [6.45, 7) is 7.32. The molecule has 0 amide bonds. The van der Waals surface area contributed by atoms with Crippen LogP contribution >= 0.6 is 0 Å². The minimum Gasteiger partial charge on any atom is -0.357 e. The SMILES string of the molecule is CCNC(=NCCCc1nnc2n1CCCCC2)NC1CCCC(C)C1. The quantitative estimate of drug-likeness (QED) is 0.465. The molecule has 2 atom stereocenters. The van der Waals surface area contributed by atoms with Crippen molar-refractivity contribution in [2.24, 2.45) is 10.9 Å². The smallest absolute Gasteiger partial charge is 0.191 e. The first-order chi connectivity index (χ1) is 12.8. The monoisotopic (exact) mass is 360 g/mol. The molecule has 6 heteroatoms. The van der Waals surface area contributed by atoms with E-state index in [0.717, 1.165) is 56.6 Å².